The van der Waals surface area contributed by atoms with Gasteiger partial charge < -0.3 is 5.32 Å². The zero-order chi connectivity index (χ0) is 12.2. The lowest BCUT2D eigenvalue weighted by molar-refractivity contribution is 0.442. The number of hydrogen-bond donors (Lipinski definition) is 1. The van der Waals surface area contributed by atoms with Crippen LogP contribution in [-0.2, 0) is 0 Å². The molecule has 0 aromatic carbocycles. The third-order valence-corrected chi connectivity index (χ3v) is 5.13. The van der Waals surface area contributed by atoms with Crippen LogP contribution >= 0.6 is 23.5 Å². The van der Waals surface area contributed by atoms with Gasteiger partial charge in [0.25, 0.3) is 0 Å². The molecule has 1 fully saturated rings. The van der Waals surface area contributed by atoms with Gasteiger partial charge in [0.1, 0.15) is 0 Å². The predicted molar refractivity (Wildman–Crippen MR) is 78.7 cm³/mol. The first-order valence-electron chi connectivity index (χ1n) is 5.93. The quantitative estimate of drug-likeness (QED) is 0.840. The van der Waals surface area contributed by atoms with Crippen LogP contribution in [0.1, 0.15) is 34.1 Å². The fourth-order valence-corrected chi connectivity index (χ4v) is 2.62. The summed E-state index contributed by atoms with van der Waals surface area (Å²) >= 11 is 3.74. The molecule has 1 rings (SSSR count). The van der Waals surface area contributed by atoms with Crippen molar-refractivity contribution in [1.82, 2.24) is 5.32 Å². The van der Waals surface area contributed by atoms with Crippen molar-refractivity contribution in [3.8, 4) is 0 Å². The Balaban J connectivity index is 2.50. The van der Waals surface area contributed by atoms with Gasteiger partial charge in [-0.05, 0) is 32.4 Å². The van der Waals surface area contributed by atoms with E-state index < -0.39 is 0 Å². The van der Waals surface area contributed by atoms with E-state index in [2.05, 4.69) is 39.3 Å². The van der Waals surface area contributed by atoms with Crippen LogP contribution in [0.2, 0.25) is 0 Å². The van der Waals surface area contributed by atoms with Crippen LogP contribution in [0.25, 0.3) is 0 Å². The number of thioether (sulfide) groups is 2. The number of amidine groups is 1. The number of nitrogens with one attached hydrogen (secondary N) is 1. The molecule has 0 radical (unpaired) electrons. The fourth-order valence-electron chi connectivity index (χ4n) is 1.47. The molecule has 0 bridgehead atoms. The summed E-state index contributed by atoms with van der Waals surface area (Å²) in [4.78, 5) is 4.71. The highest BCUT2D eigenvalue weighted by Crippen LogP contribution is 2.23. The van der Waals surface area contributed by atoms with Crippen LogP contribution in [-0.4, -0.2) is 34.5 Å². The van der Waals surface area contributed by atoms with Gasteiger partial charge in [0.05, 0.1) is 6.54 Å². The molecule has 4 heteroatoms. The minimum atomic E-state index is 0.250. The average molecular weight is 260 g/mol. The molecule has 1 unspecified atom stereocenters. The third-order valence-electron chi connectivity index (χ3n) is 2.94. The van der Waals surface area contributed by atoms with Gasteiger partial charge in [0, 0.05) is 16.5 Å². The van der Waals surface area contributed by atoms with Crippen LogP contribution < -0.4 is 5.32 Å². The lowest BCUT2D eigenvalue weighted by Gasteiger charge is -2.29. The zero-order valence-corrected chi connectivity index (χ0v) is 12.7. The Kier molecular flexibility index (Phi) is 5.51. The molecule has 1 aliphatic heterocycles. The molecule has 0 saturated carbocycles. The van der Waals surface area contributed by atoms with Crippen LogP contribution in [0.3, 0.4) is 0 Å². The first-order chi connectivity index (χ1) is 7.44. The van der Waals surface area contributed by atoms with E-state index in [4.69, 9.17) is 4.99 Å². The van der Waals surface area contributed by atoms with E-state index >= 15 is 0 Å². The van der Waals surface area contributed by atoms with E-state index in [1.165, 1.54) is 12.2 Å². The molecule has 16 heavy (non-hydrogen) atoms. The summed E-state index contributed by atoms with van der Waals surface area (Å²) in [5, 5.41) is 4.70. The smallest absolute Gasteiger partial charge is 0.156 e. The maximum atomic E-state index is 4.71. The van der Waals surface area contributed by atoms with Crippen molar-refractivity contribution >= 4 is 28.7 Å². The maximum Gasteiger partial charge on any atom is 0.156 e. The Morgan fingerprint density at radius 1 is 1.56 bits per heavy atom. The minimum Gasteiger partial charge on any atom is -0.362 e. The monoisotopic (exact) mass is 260 g/mol. The SMILES string of the molecule is CSC(C)(C)CN=C1NC(C(C)C)CCS1. The van der Waals surface area contributed by atoms with Crippen LogP contribution in [0.5, 0.6) is 0 Å². The molecule has 0 aliphatic carbocycles. The molecule has 1 heterocycles. The van der Waals surface area contributed by atoms with Crippen LogP contribution in [0.15, 0.2) is 4.99 Å². The van der Waals surface area contributed by atoms with Crippen molar-refractivity contribution in [2.45, 2.75) is 44.9 Å². The Hall–Kier alpha value is 0.170. The Morgan fingerprint density at radius 2 is 2.25 bits per heavy atom. The van der Waals surface area contributed by atoms with Gasteiger partial charge in [-0.1, -0.05) is 25.6 Å². The molecular weight excluding hydrogens is 236 g/mol. The molecule has 1 aliphatic rings. The molecular formula is C12H24N2S2. The average Bonchev–Trinajstić information content (AvgIpc) is 2.27. The van der Waals surface area contributed by atoms with Crippen molar-refractivity contribution in [2.24, 2.45) is 10.9 Å². The van der Waals surface area contributed by atoms with E-state index in [1.807, 2.05) is 23.5 Å². The highest BCUT2D eigenvalue weighted by atomic mass is 32.2. The maximum absolute atomic E-state index is 4.71. The van der Waals surface area contributed by atoms with E-state index in [0.29, 0.717) is 12.0 Å². The van der Waals surface area contributed by atoms with Crippen molar-refractivity contribution in [3.05, 3.63) is 0 Å². The minimum absolute atomic E-state index is 0.250. The number of rotatable bonds is 4. The van der Waals surface area contributed by atoms with E-state index in [1.54, 1.807) is 0 Å². The molecule has 0 spiro atoms. The molecule has 1 N–H and O–H groups in total. The topological polar surface area (TPSA) is 24.4 Å². The predicted octanol–water partition coefficient (Wildman–Crippen LogP) is 3.24. The highest BCUT2D eigenvalue weighted by Gasteiger charge is 2.21. The number of nitrogens with zero attached hydrogens (tertiary/aromatic N) is 1. The van der Waals surface area contributed by atoms with E-state index in [9.17, 15) is 0 Å². The van der Waals surface area contributed by atoms with Crippen molar-refractivity contribution in [3.63, 3.8) is 0 Å². The normalized spacial score (nSPS) is 24.9. The van der Waals surface area contributed by atoms with Gasteiger partial charge in [-0.15, -0.1) is 0 Å². The molecule has 0 aromatic rings. The molecule has 0 aromatic heterocycles. The Morgan fingerprint density at radius 3 is 2.81 bits per heavy atom. The number of aliphatic imine (C=N–C) groups is 1. The van der Waals surface area contributed by atoms with Crippen molar-refractivity contribution in [2.75, 3.05) is 18.6 Å². The largest absolute Gasteiger partial charge is 0.362 e. The summed E-state index contributed by atoms with van der Waals surface area (Å²) in [5.41, 5.74) is 0. The van der Waals surface area contributed by atoms with Gasteiger partial charge in [0.2, 0.25) is 0 Å². The van der Waals surface area contributed by atoms with Crippen LogP contribution in [0, 0.1) is 5.92 Å². The van der Waals surface area contributed by atoms with Crippen molar-refractivity contribution in [1.29, 1.82) is 0 Å². The molecule has 1 saturated heterocycles. The molecule has 0 amide bonds. The molecule has 94 valence electrons. The fraction of sp³-hybridized carbons (Fsp3) is 0.917. The van der Waals surface area contributed by atoms with Crippen LogP contribution in [0.4, 0.5) is 0 Å². The van der Waals surface area contributed by atoms with Gasteiger partial charge >= 0.3 is 0 Å². The third kappa shape index (κ3) is 4.58. The Bertz CT molecular complexity index is 249. The number of hydrogen-bond acceptors (Lipinski definition) is 3. The van der Waals surface area contributed by atoms with Gasteiger partial charge in [0.15, 0.2) is 5.17 Å². The van der Waals surface area contributed by atoms with Gasteiger partial charge in [-0.25, -0.2) is 0 Å². The zero-order valence-electron chi connectivity index (χ0n) is 11.0. The summed E-state index contributed by atoms with van der Waals surface area (Å²) in [6.07, 6.45) is 3.41. The summed E-state index contributed by atoms with van der Waals surface area (Å²) in [6, 6.07) is 0.609. The standard InChI is InChI=1S/C12H24N2S2/c1-9(2)10-6-7-16-11(14-10)13-8-12(3,4)15-5/h9-10H,6-8H2,1-5H3,(H,13,14). The first-order valence-corrected chi connectivity index (χ1v) is 8.14. The lowest BCUT2D eigenvalue weighted by atomic mass is 10.0. The second kappa shape index (κ2) is 6.20. The van der Waals surface area contributed by atoms with Gasteiger partial charge in [-0.2, -0.15) is 11.8 Å². The Labute approximate surface area is 108 Å². The second-order valence-electron chi connectivity index (χ2n) is 5.22. The second-order valence-corrected chi connectivity index (χ2v) is 7.81. The van der Waals surface area contributed by atoms with Gasteiger partial charge in [-0.3, -0.25) is 4.99 Å². The summed E-state index contributed by atoms with van der Waals surface area (Å²) < 4.78 is 0.250. The summed E-state index contributed by atoms with van der Waals surface area (Å²) in [6.45, 7) is 9.94. The lowest BCUT2D eigenvalue weighted by Crippen LogP contribution is -2.41. The summed E-state index contributed by atoms with van der Waals surface area (Å²) in [5.74, 6) is 1.90. The van der Waals surface area contributed by atoms with E-state index in [0.717, 1.165) is 11.7 Å². The van der Waals surface area contributed by atoms with E-state index in [-0.39, 0.29) is 4.75 Å². The summed E-state index contributed by atoms with van der Waals surface area (Å²) in [7, 11) is 0. The molecule has 1 atom stereocenters. The first kappa shape index (κ1) is 14.2. The van der Waals surface area contributed by atoms with Crippen molar-refractivity contribution < 1.29 is 0 Å². The highest BCUT2D eigenvalue weighted by molar-refractivity contribution is 8.13. The molecule has 2 nitrogen and oxygen atoms in total.